The number of hydrogen-bond acceptors (Lipinski definition) is 3. The van der Waals surface area contributed by atoms with E-state index in [0.29, 0.717) is 44.6 Å². The maximum Gasteiger partial charge on any atom is 0.264 e. The highest BCUT2D eigenvalue weighted by Gasteiger charge is 2.27. The van der Waals surface area contributed by atoms with E-state index in [1.807, 2.05) is 13.8 Å². The van der Waals surface area contributed by atoms with Gasteiger partial charge in [-0.3, -0.25) is 4.55 Å². The molecule has 0 amide bonds. The van der Waals surface area contributed by atoms with E-state index in [1.54, 1.807) is 29.0 Å². The maximum atomic E-state index is 15.1. The summed E-state index contributed by atoms with van der Waals surface area (Å²) in [7, 11) is -4.06. The van der Waals surface area contributed by atoms with Crippen LogP contribution >= 0.6 is 0 Å². The van der Waals surface area contributed by atoms with Crippen LogP contribution in [0.25, 0.3) is 12.2 Å². The maximum absolute atomic E-state index is 15.1. The Labute approximate surface area is 217 Å². The van der Waals surface area contributed by atoms with Crippen LogP contribution in [0.1, 0.15) is 76.5 Å². The molecule has 0 aliphatic rings. The molecule has 1 aromatic heterocycles. The van der Waals surface area contributed by atoms with Gasteiger partial charge < -0.3 is 4.90 Å². The Morgan fingerprint density at radius 1 is 0.838 bits per heavy atom. The SMILES string of the molecule is CCCCCN(CCCCC)c1c(F)c(F)c(C=Cc2cccc[n+]2CCCCS(=O)(=O)O)c(F)c1F. The van der Waals surface area contributed by atoms with Crippen LogP contribution in [0, 0.1) is 23.3 Å². The fourth-order valence-electron chi connectivity index (χ4n) is 4.08. The molecule has 2 rings (SSSR count). The summed E-state index contributed by atoms with van der Waals surface area (Å²) in [5, 5.41) is 0. The van der Waals surface area contributed by atoms with Gasteiger partial charge in [-0.05, 0) is 31.4 Å². The van der Waals surface area contributed by atoms with Crippen LogP contribution < -0.4 is 9.47 Å². The molecule has 0 fully saturated rings. The summed E-state index contributed by atoms with van der Waals surface area (Å²) in [6.45, 7) is 4.98. The summed E-state index contributed by atoms with van der Waals surface area (Å²) in [6.07, 6.45) is 9.48. The largest absolute Gasteiger partial charge is 0.367 e. The number of unbranched alkanes of at least 4 members (excludes halogenated alkanes) is 5. The minimum Gasteiger partial charge on any atom is -0.367 e. The van der Waals surface area contributed by atoms with Gasteiger partial charge in [0.15, 0.2) is 29.5 Å². The zero-order valence-electron chi connectivity index (χ0n) is 21.5. The number of aromatic nitrogens is 1. The number of benzene rings is 1. The second-order valence-electron chi connectivity index (χ2n) is 9.06. The molecule has 0 aliphatic heterocycles. The van der Waals surface area contributed by atoms with E-state index >= 15 is 17.6 Å². The highest BCUT2D eigenvalue weighted by molar-refractivity contribution is 7.85. The van der Waals surface area contributed by atoms with Crippen LogP contribution in [0.2, 0.25) is 0 Å². The van der Waals surface area contributed by atoms with Crippen molar-refractivity contribution < 1.29 is 35.1 Å². The van der Waals surface area contributed by atoms with Gasteiger partial charge in [-0.1, -0.05) is 39.5 Å². The number of hydrogen-bond donors (Lipinski definition) is 1. The molecule has 0 radical (unpaired) electrons. The number of rotatable bonds is 16. The van der Waals surface area contributed by atoms with E-state index < -0.39 is 44.6 Å². The molecule has 0 spiro atoms. The smallest absolute Gasteiger partial charge is 0.264 e. The summed E-state index contributed by atoms with van der Waals surface area (Å²) >= 11 is 0. The average molecular weight is 546 g/mol. The third kappa shape index (κ3) is 9.41. The lowest BCUT2D eigenvalue weighted by molar-refractivity contribution is -0.699. The molecule has 2 aromatic rings. The van der Waals surface area contributed by atoms with Crippen molar-refractivity contribution >= 4 is 28.0 Å². The minimum absolute atomic E-state index is 0.220. The molecular formula is C27H37F4N2O3S+. The van der Waals surface area contributed by atoms with Gasteiger partial charge in [0.1, 0.15) is 12.2 Å². The monoisotopic (exact) mass is 545 g/mol. The van der Waals surface area contributed by atoms with Gasteiger partial charge in [0.05, 0.1) is 11.3 Å². The zero-order chi connectivity index (χ0) is 27.4. The van der Waals surface area contributed by atoms with Crippen molar-refractivity contribution in [2.24, 2.45) is 0 Å². The number of halogens is 4. The van der Waals surface area contributed by atoms with Gasteiger partial charge in [0.25, 0.3) is 10.1 Å². The van der Waals surface area contributed by atoms with Gasteiger partial charge in [-0.25, -0.2) is 17.6 Å². The van der Waals surface area contributed by atoms with E-state index in [9.17, 15) is 8.42 Å². The quantitative estimate of drug-likeness (QED) is 0.0854. The lowest BCUT2D eigenvalue weighted by atomic mass is 10.1. The first kappa shape index (κ1) is 30.8. The first-order valence-corrected chi connectivity index (χ1v) is 14.4. The molecule has 1 N–H and O–H groups in total. The number of nitrogens with zero attached hydrogens (tertiary/aromatic N) is 2. The third-order valence-electron chi connectivity index (χ3n) is 6.10. The van der Waals surface area contributed by atoms with Crippen LogP contribution in [0.15, 0.2) is 24.4 Å². The molecule has 37 heavy (non-hydrogen) atoms. The normalized spacial score (nSPS) is 12.0. The van der Waals surface area contributed by atoms with Crippen molar-refractivity contribution in [1.82, 2.24) is 0 Å². The van der Waals surface area contributed by atoms with Crippen LogP contribution in [-0.2, 0) is 16.7 Å². The summed E-state index contributed by atoms with van der Waals surface area (Å²) in [5.41, 5.74) is -0.964. The topological polar surface area (TPSA) is 61.5 Å². The first-order valence-electron chi connectivity index (χ1n) is 12.8. The number of anilines is 1. The lowest BCUT2D eigenvalue weighted by Crippen LogP contribution is -2.36. The van der Waals surface area contributed by atoms with E-state index in [-0.39, 0.29) is 12.2 Å². The van der Waals surface area contributed by atoms with Crippen molar-refractivity contribution in [2.45, 2.75) is 71.8 Å². The second kappa shape index (κ2) is 15.1. The number of aryl methyl sites for hydroxylation is 1. The van der Waals surface area contributed by atoms with Gasteiger partial charge in [0.2, 0.25) is 5.69 Å². The Balaban J connectivity index is 2.33. The Hall–Kier alpha value is -2.46. The summed E-state index contributed by atoms with van der Waals surface area (Å²) in [4.78, 5) is 1.41. The van der Waals surface area contributed by atoms with Crippen LogP contribution in [0.3, 0.4) is 0 Å². The van der Waals surface area contributed by atoms with Gasteiger partial charge >= 0.3 is 0 Å². The molecule has 1 heterocycles. The molecule has 0 saturated carbocycles. The van der Waals surface area contributed by atoms with E-state index in [0.717, 1.165) is 31.8 Å². The Morgan fingerprint density at radius 2 is 1.43 bits per heavy atom. The summed E-state index contributed by atoms with van der Waals surface area (Å²) in [5.74, 6) is -6.08. The van der Waals surface area contributed by atoms with Gasteiger partial charge in [-0.15, -0.1) is 0 Å². The summed E-state index contributed by atoms with van der Waals surface area (Å²) in [6, 6.07) is 5.07. The fraction of sp³-hybridized carbons (Fsp3) is 0.519. The van der Waals surface area contributed by atoms with Crippen molar-refractivity contribution in [2.75, 3.05) is 23.7 Å². The Kier molecular flexibility index (Phi) is 12.5. The second-order valence-corrected chi connectivity index (χ2v) is 10.6. The number of pyridine rings is 1. The zero-order valence-corrected chi connectivity index (χ0v) is 22.3. The average Bonchev–Trinajstić information content (AvgIpc) is 2.85. The van der Waals surface area contributed by atoms with E-state index in [2.05, 4.69) is 0 Å². The van der Waals surface area contributed by atoms with E-state index in [1.165, 1.54) is 11.0 Å². The molecule has 0 bridgehead atoms. The molecule has 1 aromatic carbocycles. The standard InChI is InChI=1S/C27H36F4N2O3S/c1-3-5-8-18-33(19-9-6-4-2)27-25(30)23(28)22(24(29)26(27)31)15-14-21-13-7-10-16-32(21)17-11-12-20-37(34,35)36/h7,10,13-16H,3-6,8-9,11-12,17-20H2,1-2H3/p+1. The predicted molar refractivity (Wildman–Crippen MR) is 139 cm³/mol. The highest BCUT2D eigenvalue weighted by Crippen LogP contribution is 2.32. The van der Waals surface area contributed by atoms with Crippen LogP contribution in [0.4, 0.5) is 23.2 Å². The molecule has 206 valence electrons. The molecule has 0 aliphatic carbocycles. The first-order chi connectivity index (χ1) is 17.6. The van der Waals surface area contributed by atoms with Crippen molar-refractivity contribution in [1.29, 1.82) is 0 Å². The lowest BCUT2D eigenvalue weighted by Gasteiger charge is -2.26. The molecule has 0 saturated heterocycles. The van der Waals surface area contributed by atoms with E-state index in [4.69, 9.17) is 4.55 Å². The summed E-state index contributed by atoms with van der Waals surface area (Å²) < 4.78 is 92.7. The molecular weight excluding hydrogens is 508 g/mol. The molecule has 0 atom stereocenters. The predicted octanol–water partition coefficient (Wildman–Crippen LogP) is 6.56. The third-order valence-corrected chi connectivity index (χ3v) is 6.91. The molecule has 10 heteroatoms. The fourth-order valence-corrected chi connectivity index (χ4v) is 4.65. The van der Waals surface area contributed by atoms with Crippen molar-refractivity contribution in [3.8, 4) is 0 Å². The molecule has 0 unspecified atom stereocenters. The van der Waals surface area contributed by atoms with Crippen LogP contribution in [0.5, 0.6) is 0 Å². The molecule has 5 nitrogen and oxygen atoms in total. The highest BCUT2D eigenvalue weighted by atomic mass is 32.2. The minimum atomic E-state index is -4.06. The van der Waals surface area contributed by atoms with Crippen molar-refractivity contribution in [3.63, 3.8) is 0 Å². The van der Waals surface area contributed by atoms with Gasteiger partial charge in [0, 0.05) is 37.7 Å². The Bertz CT molecular complexity index is 1120. The van der Waals surface area contributed by atoms with Crippen LogP contribution in [-0.4, -0.2) is 31.8 Å². The van der Waals surface area contributed by atoms with Crippen molar-refractivity contribution in [3.05, 3.63) is 58.9 Å². The Morgan fingerprint density at radius 3 is 1.97 bits per heavy atom. The van der Waals surface area contributed by atoms with Gasteiger partial charge in [-0.2, -0.15) is 13.0 Å².